The molecule has 0 spiro atoms. The molecular formula is C26H26N4O4. The lowest BCUT2D eigenvalue weighted by atomic mass is 10.0. The average molecular weight is 459 g/mol. The predicted molar refractivity (Wildman–Crippen MR) is 127 cm³/mol. The van der Waals surface area contributed by atoms with Crippen molar-refractivity contribution in [1.82, 2.24) is 14.9 Å². The number of fused-ring (bicyclic) bond motifs is 1. The molecule has 0 fully saturated rings. The van der Waals surface area contributed by atoms with Crippen LogP contribution in [-0.2, 0) is 4.79 Å². The topological polar surface area (TPSA) is 101 Å². The largest absolute Gasteiger partial charge is 0.424 e. The Labute approximate surface area is 198 Å². The van der Waals surface area contributed by atoms with E-state index >= 15 is 0 Å². The Bertz CT molecular complexity index is 1200. The van der Waals surface area contributed by atoms with E-state index in [-0.39, 0.29) is 11.9 Å². The van der Waals surface area contributed by atoms with Crippen LogP contribution in [0.1, 0.15) is 52.4 Å². The first-order valence-corrected chi connectivity index (χ1v) is 11.1. The van der Waals surface area contributed by atoms with Gasteiger partial charge < -0.3 is 10.1 Å². The molecule has 3 amide bonds. The van der Waals surface area contributed by atoms with Gasteiger partial charge in [0.05, 0.1) is 11.1 Å². The van der Waals surface area contributed by atoms with Gasteiger partial charge in [-0.05, 0) is 68.7 Å². The number of hydrogen-bond acceptors (Lipinski definition) is 6. The third-order valence-corrected chi connectivity index (χ3v) is 5.43. The summed E-state index contributed by atoms with van der Waals surface area (Å²) in [7, 11) is 0. The molecule has 2 aromatic carbocycles. The van der Waals surface area contributed by atoms with Gasteiger partial charge in [0.15, 0.2) is 0 Å². The molecule has 8 heteroatoms. The second-order valence-electron chi connectivity index (χ2n) is 8.72. The molecule has 1 aliphatic rings. The van der Waals surface area contributed by atoms with Gasteiger partial charge in [-0.3, -0.25) is 19.3 Å². The molecular weight excluding hydrogens is 432 g/mol. The zero-order valence-electron chi connectivity index (χ0n) is 19.5. The molecule has 0 saturated carbocycles. The van der Waals surface area contributed by atoms with Crippen molar-refractivity contribution in [2.45, 2.75) is 40.2 Å². The number of imide groups is 1. The van der Waals surface area contributed by atoms with E-state index in [1.807, 2.05) is 33.8 Å². The maximum atomic E-state index is 13.2. The Morgan fingerprint density at radius 1 is 0.941 bits per heavy atom. The van der Waals surface area contributed by atoms with E-state index in [4.69, 9.17) is 4.74 Å². The van der Waals surface area contributed by atoms with Crippen molar-refractivity contribution in [3.8, 4) is 11.8 Å². The number of rotatable bonds is 7. The van der Waals surface area contributed by atoms with Crippen molar-refractivity contribution < 1.29 is 19.1 Å². The van der Waals surface area contributed by atoms with E-state index in [0.29, 0.717) is 29.0 Å². The van der Waals surface area contributed by atoms with E-state index < -0.39 is 23.8 Å². The molecule has 1 unspecified atom stereocenters. The lowest BCUT2D eigenvalue weighted by Crippen LogP contribution is -2.47. The lowest BCUT2D eigenvalue weighted by Gasteiger charge is -2.26. The molecule has 4 rings (SSSR count). The van der Waals surface area contributed by atoms with Gasteiger partial charge in [0.25, 0.3) is 11.8 Å². The van der Waals surface area contributed by atoms with Gasteiger partial charge in [-0.1, -0.05) is 26.0 Å². The van der Waals surface area contributed by atoms with Gasteiger partial charge in [0.1, 0.15) is 11.8 Å². The maximum Gasteiger partial charge on any atom is 0.322 e. The molecule has 0 bridgehead atoms. The van der Waals surface area contributed by atoms with Crippen LogP contribution >= 0.6 is 0 Å². The van der Waals surface area contributed by atoms with E-state index in [1.54, 1.807) is 48.5 Å². The van der Waals surface area contributed by atoms with Gasteiger partial charge in [0, 0.05) is 17.1 Å². The molecule has 174 valence electrons. The maximum absolute atomic E-state index is 13.2. The molecule has 2 heterocycles. The van der Waals surface area contributed by atoms with Crippen LogP contribution in [0.15, 0.2) is 54.6 Å². The second-order valence-corrected chi connectivity index (χ2v) is 8.72. The smallest absolute Gasteiger partial charge is 0.322 e. The number of anilines is 1. The Hall–Kier alpha value is -4.07. The standard InChI is InChI=1S/C26H26N4O4/c1-15(2)13-22(30-24(32)20-7-5-6-8-21(20)25(30)33)23(31)29-18-9-11-19(12-10-18)34-26-27-16(3)14-17(4)28-26/h5-12,14-15,22H,13H2,1-4H3,(H,29,31). The minimum absolute atomic E-state index is 0.0913. The van der Waals surface area contributed by atoms with Gasteiger partial charge in [-0.2, -0.15) is 0 Å². The fourth-order valence-corrected chi connectivity index (χ4v) is 3.94. The first kappa shape index (κ1) is 23.1. The number of hydrogen-bond donors (Lipinski definition) is 1. The summed E-state index contributed by atoms with van der Waals surface area (Å²) in [6.45, 7) is 7.61. The van der Waals surface area contributed by atoms with Crippen LogP contribution in [0.2, 0.25) is 0 Å². The number of amides is 3. The first-order valence-electron chi connectivity index (χ1n) is 11.1. The highest BCUT2D eigenvalue weighted by Crippen LogP contribution is 2.28. The fourth-order valence-electron chi connectivity index (χ4n) is 3.94. The molecule has 1 aromatic heterocycles. The third-order valence-electron chi connectivity index (χ3n) is 5.43. The average Bonchev–Trinajstić information content (AvgIpc) is 3.03. The summed E-state index contributed by atoms with van der Waals surface area (Å²) in [5.74, 6) is -0.706. The van der Waals surface area contributed by atoms with Crippen LogP contribution in [0.25, 0.3) is 0 Å². The fraction of sp³-hybridized carbons (Fsp3) is 0.269. The van der Waals surface area contributed by atoms with Crippen molar-refractivity contribution in [2.24, 2.45) is 5.92 Å². The van der Waals surface area contributed by atoms with Crippen molar-refractivity contribution in [1.29, 1.82) is 0 Å². The number of aryl methyl sites for hydroxylation is 2. The van der Waals surface area contributed by atoms with Gasteiger partial charge in [0.2, 0.25) is 5.91 Å². The molecule has 0 radical (unpaired) electrons. The number of benzene rings is 2. The van der Waals surface area contributed by atoms with Crippen LogP contribution in [0.3, 0.4) is 0 Å². The lowest BCUT2D eigenvalue weighted by molar-refractivity contribution is -0.120. The number of nitrogens with zero attached hydrogens (tertiary/aromatic N) is 3. The number of carbonyl (C=O) groups is 3. The van der Waals surface area contributed by atoms with E-state index in [1.165, 1.54) is 0 Å². The van der Waals surface area contributed by atoms with Crippen LogP contribution in [0.5, 0.6) is 11.8 Å². The number of nitrogens with one attached hydrogen (secondary N) is 1. The zero-order valence-corrected chi connectivity index (χ0v) is 19.5. The molecule has 1 atom stereocenters. The second kappa shape index (κ2) is 9.43. The van der Waals surface area contributed by atoms with Gasteiger partial charge in [-0.15, -0.1) is 0 Å². The van der Waals surface area contributed by atoms with Crippen LogP contribution in [0.4, 0.5) is 5.69 Å². The molecule has 34 heavy (non-hydrogen) atoms. The summed E-state index contributed by atoms with van der Waals surface area (Å²) >= 11 is 0. The number of carbonyl (C=O) groups excluding carboxylic acids is 3. The Balaban J connectivity index is 1.50. The molecule has 1 N–H and O–H groups in total. The molecule has 3 aromatic rings. The van der Waals surface area contributed by atoms with Crippen molar-refractivity contribution in [3.63, 3.8) is 0 Å². The van der Waals surface area contributed by atoms with Crippen molar-refractivity contribution in [3.05, 3.63) is 77.1 Å². The molecule has 0 saturated heterocycles. The summed E-state index contributed by atoms with van der Waals surface area (Å²) in [6, 6.07) is 14.6. The van der Waals surface area contributed by atoms with Crippen molar-refractivity contribution >= 4 is 23.4 Å². The number of aromatic nitrogens is 2. The minimum atomic E-state index is -0.924. The highest BCUT2D eigenvalue weighted by atomic mass is 16.5. The Morgan fingerprint density at radius 2 is 1.50 bits per heavy atom. The van der Waals surface area contributed by atoms with Crippen LogP contribution < -0.4 is 10.1 Å². The summed E-state index contributed by atoms with van der Waals surface area (Å²) in [5, 5.41) is 2.83. The predicted octanol–water partition coefficient (Wildman–Crippen LogP) is 4.54. The Morgan fingerprint density at radius 3 is 2.03 bits per heavy atom. The first-order chi connectivity index (χ1) is 16.2. The zero-order chi connectivity index (χ0) is 24.4. The normalized spacial score (nSPS) is 13.7. The highest BCUT2D eigenvalue weighted by Gasteiger charge is 2.42. The van der Waals surface area contributed by atoms with Crippen molar-refractivity contribution in [2.75, 3.05) is 5.32 Å². The van der Waals surface area contributed by atoms with Crippen LogP contribution in [0, 0.1) is 19.8 Å². The molecule has 1 aliphatic heterocycles. The van der Waals surface area contributed by atoms with Crippen LogP contribution in [-0.4, -0.2) is 38.6 Å². The molecule has 0 aliphatic carbocycles. The van der Waals surface area contributed by atoms with Gasteiger partial charge >= 0.3 is 6.01 Å². The third kappa shape index (κ3) is 4.80. The summed E-state index contributed by atoms with van der Waals surface area (Å²) in [4.78, 5) is 48.7. The van der Waals surface area contributed by atoms with E-state index in [9.17, 15) is 14.4 Å². The van der Waals surface area contributed by atoms with E-state index in [2.05, 4.69) is 15.3 Å². The summed E-state index contributed by atoms with van der Waals surface area (Å²) in [5.41, 5.74) is 2.77. The van der Waals surface area contributed by atoms with E-state index in [0.717, 1.165) is 16.3 Å². The monoisotopic (exact) mass is 458 g/mol. The quantitative estimate of drug-likeness (QED) is 0.522. The Kier molecular flexibility index (Phi) is 6.40. The highest BCUT2D eigenvalue weighted by molar-refractivity contribution is 6.23. The van der Waals surface area contributed by atoms with Gasteiger partial charge in [-0.25, -0.2) is 9.97 Å². The summed E-state index contributed by atoms with van der Waals surface area (Å²) in [6.07, 6.45) is 0.350. The SMILES string of the molecule is Cc1cc(C)nc(Oc2ccc(NC(=O)C(CC(C)C)N3C(=O)c4ccccc4C3=O)cc2)n1. The minimum Gasteiger partial charge on any atom is -0.424 e. The molecule has 8 nitrogen and oxygen atoms in total. The number of ether oxygens (including phenoxy) is 1. The summed E-state index contributed by atoms with van der Waals surface area (Å²) < 4.78 is 5.71.